The van der Waals surface area contributed by atoms with E-state index in [0.29, 0.717) is 16.1 Å². The summed E-state index contributed by atoms with van der Waals surface area (Å²) < 4.78 is 1.21. The SMILES string of the molecule is C[C@H]1CCCC[C@H]1NC(=O)NC(=O)Cn1cnc2sccc2c1=O. The minimum atomic E-state index is -0.533. The second-order valence-corrected chi connectivity index (χ2v) is 7.10. The van der Waals surface area contributed by atoms with E-state index in [9.17, 15) is 14.4 Å². The van der Waals surface area contributed by atoms with Crippen LogP contribution in [0.2, 0.25) is 0 Å². The molecule has 3 amide bonds. The summed E-state index contributed by atoms with van der Waals surface area (Å²) in [7, 11) is 0. The second-order valence-electron chi connectivity index (χ2n) is 6.21. The van der Waals surface area contributed by atoms with Gasteiger partial charge in [0.15, 0.2) is 0 Å². The summed E-state index contributed by atoms with van der Waals surface area (Å²) in [6, 6.07) is 1.27. The summed E-state index contributed by atoms with van der Waals surface area (Å²) in [5.74, 6) is -0.123. The van der Waals surface area contributed by atoms with Crippen molar-refractivity contribution in [2.45, 2.75) is 45.2 Å². The second kappa shape index (κ2) is 7.12. The molecule has 2 atom stereocenters. The first-order valence-corrected chi connectivity index (χ1v) is 8.95. The van der Waals surface area contributed by atoms with Crippen molar-refractivity contribution >= 4 is 33.5 Å². The third-order valence-corrected chi connectivity index (χ3v) is 5.27. The van der Waals surface area contributed by atoms with Gasteiger partial charge in [-0.15, -0.1) is 11.3 Å². The molecular formula is C16H20N4O3S. The Morgan fingerprint density at radius 1 is 1.38 bits per heavy atom. The Hall–Kier alpha value is -2.22. The van der Waals surface area contributed by atoms with Crippen molar-refractivity contribution in [3.8, 4) is 0 Å². The lowest BCUT2D eigenvalue weighted by molar-refractivity contribution is -0.120. The summed E-state index contributed by atoms with van der Waals surface area (Å²) in [5.41, 5.74) is -0.280. The maximum absolute atomic E-state index is 12.2. The molecule has 0 radical (unpaired) electrons. The Balaban J connectivity index is 1.59. The first-order valence-electron chi connectivity index (χ1n) is 8.07. The van der Waals surface area contributed by atoms with E-state index in [0.717, 1.165) is 19.3 Å². The number of amides is 3. The standard InChI is InChI=1S/C16H20N4O3S/c1-10-4-2-3-5-12(10)18-16(23)19-13(21)8-20-9-17-14-11(15(20)22)6-7-24-14/h6-7,9-10,12H,2-5,8H2,1H3,(H2,18,19,21,23)/t10-,12+/m0/s1. The van der Waals surface area contributed by atoms with Gasteiger partial charge in [-0.05, 0) is 30.2 Å². The van der Waals surface area contributed by atoms with E-state index >= 15 is 0 Å². The van der Waals surface area contributed by atoms with Gasteiger partial charge in [0.1, 0.15) is 11.4 Å². The number of imide groups is 1. The van der Waals surface area contributed by atoms with Gasteiger partial charge in [-0.1, -0.05) is 19.8 Å². The van der Waals surface area contributed by atoms with Crippen molar-refractivity contribution in [2.24, 2.45) is 5.92 Å². The van der Waals surface area contributed by atoms with Gasteiger partial charge in [-0.3, -0.25) is 19.5 Å². The lowest BCUT2D eigenvalue weighted by Crippen LogP contribution is -2.48. The lowest BCUT2D eigenvalue weighted by atomic mass is 9.86. The fourth-order valence-electron chi connectivity index (χ4n) is 3.06. The van der Waals surface area contributed by atoms with E-state index in [1.807, 2.05) is 0 Å². The molecule has 0 spiro atoms. The molecule has 0 bridgehead atoms. The number of carbonyl (C=O) groups excluding carboxylic acids is 2. The molecule has 1 aliphatic rings. The number of nitrogens with zero attached hydrogens (tertiary/aromatic N) is 2. The Labute approximate surface area is 143 Å². The van der Waals surface area contributed by atoms with E-state index in [4.69, 9.17) is 0 Å². The van der Waals surface area contributed by atoms with Gasteiger partial charge in [0.05, 0.1) is 11.7 Å². The third-order valence-electron chi connectivity index (χ3n) is 4.45. The summed E-state index contributed by atoms with van der Waals surface area (Å²) in [6.45, 7) is 1.87. The van der Waals surface area contributed by atoms with E-state index in [1.54, 1.807) is 11.4 Å². The van der Waals surface area contributed by atoms with Crippen LogP contribution >= 0.6 is 11.3 Å². The summed E-state index contributed by atoms with van der Waals surface area (Å²) in [5, 5.41) is 7.41. The van der Waals surface area contributed by atoms with Crippen molar-refractivity contribution < 1.29 is 9.59 Å². The van der Waals surface area contributed by atoms with Crippen molar-refractivity contribution in [1.82, 2.24) is 20.2 Å². The van der Waals surface area contributed by atoms with Crippen molar-refractivity contribution in [3.05, 3.63) is 28.1 Å². The molecule has 8 heteroatoms. The number of thiophene rings is 1. The Kier molecular flexibility index (Phi) is 4.94. The van der Waals surface area contributed by atoms with Gasteiger partial charge in [-0.25, -0.2) is 9.78 Å². The highest BCUT2D eigenvalue weighted by Crippen LogP contribution is 2.23. The zero-order valence-electron chi connectivity index (χ0n) is 13.4. The molecule has 1 fully saturated rings. The van der Waals surface area contributed by atoms with Crippen LogP contribution in [0.5, 0.6) is 0 Å². The summed E-state index contributed by atoms with van der Waals surface area (Å²) >= 11 is 1.37. The van der Waals surface area contributed by atoms with E-state index < -0.39 is 11.9 Å². The van der Waals surface area contributed by atoms with Crippen LogP contribution in [-0.4, -0.2) is 27.5 Å². The van der Waals surface area contributed by atoms with Gasteiger partial charge >= 0.3 is 6.03 Å². The normalized spacial score (nSPS) is 20.7. The van der Waals surface area contributed by atoms with Crippen molar-refractivity contribution in [2.75, 3.05) is 0 Å². The minimum Gasteiger partial charge on any atom is -0.335 e. The van der Waals surface area contributed by atoms with Crippen LogP contribution in [0.3, 0.4) is 0 Å². The topological polar surface area (TPSA) is 93.1 Å². The van der Waals surface area contributed by atoms with Gasteiger partial charge in [0, 0.05) is 6.04 Å². The van der Waals surface area contributed by atoms with E-state index in [-0.39, 0.29) is 18.1 Å². The molecule has 2 N–H and O–H groups in total. The number of hydrogen-bond acceptors (Lipinski definition) is 5. The zero-order chi connectivity index (χ0) is 17.1. The average molecular weight is 348 g/mol. The first-order chi connectivity index (χ1) is 11.5. The maximum Gasteiger partial charge on any atom is 0.321 e. The third kappa shape index (κ3) is 3.64. The van der Waals surface area contributed by atoms with Gasteiger partial charge < -0.3 is 5.32 Å². The number of fused-ring (bicyclic) bond motifs is 1. The molecule has 0 aromatic carbocycles. The van der Waals surface area contributed by atoms with Crippen LogP contribution in [0.15, 0.2) is 22.6 Å². The molecule has 7 nitrogen and oxygen atoms in total. The largest absolute Gasteiger partial charge is 0.335 e. The predicted octanol–water partition coefficient (Wildman–Crippen LogP) is 1.86. The van der Waals surface area contributed by atoms with Crippen LogP contribution in [0, 0.1) is 5.92 Å². The molecule has 0 saturated heterocycles. The van der Waals surface area contributed by atoms with Crippen LogP contribution in [-0.2, 0) is 11.3 Å². The van der Waals surface area contributed by atoms with Gasteiger partial charge in [0.25, 0.3) is 5.56 Å². The molecule has 128 valence electrons. The Morgan fingerprint density at radius 2 is 2.17 bits per heavy atom. The highest BCUT2D eigenvalue weighted by Gasteiger charge is 2.23. The van der Waals surface area contributed by atoms with Crippen molar-refractivity contribution in [1.29, 1.82) is 0 Å². The predicted molar refractivity (Wildman–Crippen MR) is 92.0 cm³/mol. The zero-order valence-corrected chi connectivity index (χ0v) is 14.3. The minimum absolute atomic E-state index is 0.0955. The first kappa shape index (κ1) is 16.6. The highest BCUT2D eigenvalue weighted by molar-refractivity contribution is 7.16. The van der Waals surface area contributed by atoms with Crippen LogP contribution < -0.4 is 16.2 Å². The number of carbonyl (C=O) groups is 2. The number of rotatable bonds is 3. The molecule has 2 aromatic rings. The van der Waals surface area contributed by atoms with Crippen LogP contribution in [0.1, 0.15) is 32.6 Å². The number of aromatic nitrogens is 2. The van der Waals surface area contributed by atoms with Crippen LogP contribution in [0.4, 0.5) is 4.79 Å². The Morgan fingerprint density at radius 3 is 2.96 bits per heavy atom. The molecular weight excluding hydrogens is 328 g/mol. The molecule has 1 aliphatic carbocycles. The molecule has 2 heterocycles. The van der Waals surface area contributed by atoms with Crippen molar-refractivity contribution in [3.63, 3.8) is 0 Å². The molecule has 0 aliphatic heterocycles. The Bertz CT molecular complexity index is 813. The molecule has 24 heavy (non-hydrogen) atoms. The van der Waals surface area contributed by atoms with Crippen LogP contribution in [0.25, 0.3) is 10.2 Å². The number of hydrogen-bond donors (Lipinski definition) is 2. The molecule has 2 aromatic heterocycles. The monoisotopic (exact) mass is 348 g/mol. The molecule has 0 unspecified atom stereocenters. The quantitative estimate of drug-likeness (QED) is 0.885. The molecule has 1 saturated carbocycles. The lowest BCUT2D eigenvalue weighted by Gasteiger charge is -2.29. The average Bonchev–Trinajstić information content (AvgIpc) is 3.01. The van der Waals surface area contributed by atoms with E-state index in [2.05, 4.69) is 22.5 Å². The van der Waals surface area contributed by atoms with Gasteiger partial charge in [0.2, 0.25) is 5.91 Å². The fraction of sp³-hybridized carbons (Fsp3) is 0.500. The summed E-state index contributed by atoms with van der Waals surface area (Å²) in [6.07, 6.45) is 5.62. The highest BCUT2D eigenvalue weighted by atomic mass is 32.1. The fourth-order valence-corrected chi connectivity index (χ4v) is 3.79. The van der Waals surface area contributed by atoms with Gasteiger partial charge in [-0.2, -0.15) is 0 Å². The number of nitrogens with one attached hydrogen (secondary N) is 2. The smallest absolute Gasteiger partial charge is 0.321 e. The maximum atomic E-state index is 12.2. The number of urea groups is 1. The summed E-state index contributed by atoms with van der Waals surface area (Å²) in [4.78, 5) is 41.0. The van der Waals surface area contributed by atoms with E-state index in [1.165, 1.54) is 28.7 Å². The molecule has 3 rings (SSSR count).